The Labute approximate surface area is 209 Å². The number of fused-ring (bicyclic) bond motifs is 1. The zero-order valence-corrected chi connectivity index (χ0v) is 20.1. The van der Waals surface area contributed by atoms with Crippen molar-refractivity contribution in [2.75, 3.05) is 23.5 Å². The summed E-state index contributed by atoms with van der Waals surface area (Å²) in [4.78, 5) is 34.4. The van der Waals surface area contributed by atoms with Crippen molar-refractivity contribution in [1.82, 2.24) is 14.5 Å². The highest BCUT2D eigenvalue weighted by Gasteiger charge is 2.30. The number of carbonyl (C=O) groups is 2. The zero-order valence-electron chi connectivity index (χ0n) is 20.1. The van der Waals surface area contributed by atoms with E-state index in [1.165, 1.54) is 43.8 Å². The molecule has 4 N–H and O–H groups in total. The van der Waals surface area contributed by atoms with E-state index in [1.807, 2.05) is 18.4 Å². The normalized spacial score (nSPS) is 11.5. The maximum atomic E-state index is 13.5. The lowest BCUT2D eigenvalue weighted by molar-refractivity contribution is -0.137. The van der Waals surface area contributed by atoms with Crippen molar-refractivity contribution in [2.45, 2.75) is 26.1 Å². The molecule has 0 saturated heterocycles. The van der Waals surface area contributed by atoms with Crippen LogP contribution in [0, 0.1) is 0 Å². The van der Waals surface area contributed by atoms with Crippen molar-refractivity contribution in [3.05, 3.63) is 71.7 Å². The molecule has 37 heavy (non-hydrogen) atoms. The number of rotatable bonds is 6. The molecule has 12 heteroatoms. The highest BCUT2D eigenvalue weighted by Crippen LogP contribution is 2.32. The lowest BCUT2D eigenvalue weighted by Crippen LogP contribution is -2.20. The molecule has 0 unspecified atom stereocenters. The summed E-state index contributed by atoms with van der Waals surface area (Å²) in [6, 6.07) is 7.81. The maximum Gasteiger partial charge on any atom is 0.416 e. The van der Waals surface area contributed by atoms with Crippen LogP contribution >= 0.6 is 0 Å². The van der Waals surface area contributed by atoms with Crippen molar-refractivity contribution >= 4 is 40.0 Å². The van der Waals surface area contributed by atoms with Crippen LogP contribution < -0.4 is 21.1 Å². The quantitative estimate of drug-likeness (QED) is 0.293. The molecule has 0 radical (unpaired) electrons. The number of carbonyl (C=O) groups excluding carboxylic acids is 2. The first kappa shape index (κ1) is 25.5. The van der Waals surface area contributed by atoms with Gasteiger partial charge < -0.3 is 25.7 Å². The molecule has 2 heterocycles. The molecule has 0 saturated carbocycles. The number of ketones is 1. The van der Waals surface area contributed by atoms with Crippen LogP contribution in [-0.2, 0) is 6.18 Å². The SMILES string of the molecule is COc1ccc(C(=O)c2cn(C(C)C)c3ncnc(N)c23)cc1NC(=O)Nc1cccc(C(F)(F)F)c1. The lowest BCUT2D eigenvalue weighted by Gasteiger charge is -2.13. The molecule has 0 aliphatic heterocycles. The molecule has 2 amide bonds. The fraction of sp³-hybridized carbons (Fsp3) is 0.200. The minimum Gasteiger partial charge on any atom is -0.495 e. The average Bonchev–Trinajstić information content (AvgIpc) is 3.24. The molecule has 0 aliphatic rings. The van der Waals surface area contributed by atoms with Gasteiger partial charge >= 0.3 is 12.2 Å². The summed E-state index contributed by atoms with van der Waals surface area (Å²) >= 11 is 0. The fourth-order valence-electron chi connectivity index (χ4n) is 3.83. The Kier molecular flexibility index (Phi) is 6.75. The van der Waals surface area contributed by atoms with E-state index < -0.39 is 23.6 Å². The van der Waals surface area contributed by atoms with Gasteiger partial charge in [-0.25, -0.2) is 14.8 Å². The number of anilines is 3. The second-order valence-electron chi connectivity index (χ2n) is 8.40. The molecule has 0 atom stereocenters. The summed E-state index contributed by atoms with van der Waals surface area (Å²) in [6.45, 7) is 3.87. The van der Waals surface area contributed by atoms with Gasteiger partial charge in [-0.05, 0) is 50.2 Å². The topological polar surface area (TPSA) is 124 Å². The molecule has 192 valence electrons. The molecule has 9 nitrogen and oxygen atoms in total. The van der Waals surface area contributed by atoms with Crippen molar-refractivity contribution in [3.63, 3.8) is 0 Å². The van der Waals surface area contributed by atoms with Gasteiger partial charge in [-0.2, -0.15) is 13.2 Å². The number of methoxy groups -OCH3 is 1. The third-order valence-electron chi connectivity index (χ3n) is 5.60. The van der Waals surface area contributed by atoms with Gasteiger partial charge in [-0.1, -0.05) is 6.07 Å². The highest BCUT2D eigenvalue weighted by molar-refractivity contribution is 6.18. The van der Waals surface area contributed by atoms with Crippen molar-refractivity contribution < 1.29 is 27.5 Å². The van der Waals surface area contributed by atoms with E-state index in [2.05, 4.69) is 20.6 Å². The molecular formula is C25H23F3N6O3. The number of nitrogens with one attached hydrogen (secondary N) is 2. The monoisotopic (exact) mass is 512 g/mol. The molecule has 2 aromatic carbocycles. The Bertz CT molecular complexity index is 1500. The number of alkyl halides is 3. The van der Waals surface area contributed by atoms with E-state index in [1.54, 1.807) is 6.20 Å². The summed E-state index contributed by atoms with van der Waals surface area (Å²) in [5.74, 6) is -0.00170. The van der Waals surface area contributed by atoms with E-state index >= 15 is 0 Å². The Morgan fingerprint density at radius 3 is 2.51 bits per heavy atom. The summed E-state index contributed by atoms with van der Waals surface area (Å²) < 4.78 is 46.0. The van der Waals surface area contributed by atoms with E-state index in [0.29, 0.717) is 11.0 Å². The van der Waals surface area contributed by atoms with Gasteiger partial charge in [0.2, 0.25) is 0 Å². The van der Waals surface area contributed by atoms with Crippen LogP contribution in [0.5, 0.6) is 5.75 Å². The number of nitrogens with two attached hydrogens (primary N) is 1. The minimum atomic E-state index is -4.56. The average molecular weight is 512 g/mol. The first-order valence-corrected chi connectivity index (χ1v) is 11.1. The molecule has 2 aromatic heterocycles. The number of amides is 2. The summed E-state index contributed by atoms with van der Waals surface area (Å²) in [6.07, 6.45) is -1.58. The number of nitrogens with zero attached hydrogens (tertiary/aromatic N) is 3. The second kappa shape index (κ2) is 9.80. The summed E-state index contributed by atoms with van der Waals surface area (Å²) in [5, 5.41) is 5.29. The number of aromatic nitrogens is 3. The van der Waals surface area contributed by atoms with E-state index in [4.69, 9.17) is 10.5 Å². The van der Waals surface area contributed by atoms with Crippen LogP contribution in [0.25, 0.3) is 11.0 Å². The van der Waals surface area contributed by atoms with Crippen LogP contribution in [0.4, 0.5) is 35.2 Å². The largest absolute Gasteiger partial charge is 0.495 e. The predicted octanol–water partition coefficient (Wildman–Crippen LogP) is 5.50. The summed E-state index contributed by atoms with van der Waals surface area (Å²) in [7, 11) is 1.38. The van der Waals surface area contributed by atoms with Crippen LogP contribution in [0.3, 0.4) is 0 Å². The summed E-state index contributed by atoms with van der Waals surface area (Å²) in [5.41, 5.74) is 6.24. The number of hydrogen-bond donors (Lipinski definition) is 3. The molecule has 0 bridgehead atoms. The molecule has 4 rings (SSSR count). The number of nitrogen functional groups attached to an aromatic ring is 1. The number of urea groups is 1. The van der Waals surface area contributed by atoms with Crippen molar-refractivity contribution in [2.24, 2.45) is 0 Å². The first-order valence-electron chi connectivity index (χ1n) is 11.1. The maximum absolute atomic E-state index is 13.5. The lowest BCUT2D eigenvalue weighted by atomic mass is 10.0. The van der Waals surface area contributed by atoms with E-state index in [9.17, 15) is 22.8 Å². The van der Waals surface area contributed by atoms with Crippen molar-refractivity contribution in [3.8, 4) is 5.75 Å². The smallest absolute Gasteiger partial charge is 0.416 e. The Hall–Kier alpha value is -4.61. The molecule has 0 aliphatic carbocycles. The minimum absolute atomic E-state index is 0.00834. The third-order valence-corrected chi connectivity index (χ3v) is 5.60. The van der Waals surface area contributed by atoms with Gasteiger partial charge in [0.1, 0.15) is 23.5 Å². The Morgan fingerprint density at radius 1 is 1.08 bits per heavy atom. The van der Waals surface area contributed by atoms with Crippen LogP contribution in [0.2, 0.25) is 0 Å². The van der Waals surface area contributed by atoms with E-state index in [-0.39, 0.29) is 40.1 Å². The number of hydrogen-bond acceptors (Lipinski definition) is 6. The van der Waals surface area contributed by atoms with Gasteiger partial charge in [-0.15, -0.1) is 0 Å². The van der Waals surface area contributed by atoms with Crippen LogP contribution in [-0.4, -0.2) is 33.5 Å². The van der Waals surface area contributed by atoms with Crippen LogP contribution in [0.1, 0.15) is 41.4 Å². The molecule has 0 fully saturated rings. The predicted molar refractivity (Wildman–Crippen MR) is 133 cm³/mol. The van der Waals surface area contributed by atoms with Gasteiger partial charge in [-0.3, -0.25) is 4.79 Å². The van der Waals surface area contributed by atoms with E-state index in [0.717, 1.165) is 12.1 Å². The number of ether oxygens (including phenoxy) is 1. The third kappa shape index (κ3) is 5.17. The fourth-order valence-corrected chi connectivity index (χ4v) is 3.83. The molecular weight excluding hydrogens is 489 g/mol. The first-order chi connectivity index (χ1) is 17.5. The van der Waals surface area contributed by atoms with Crippen molar-refractivity contribution in [1.29, 1.82) is 0 Å². The van der Waals surface area contributed by atoms with Gasteiger partial charge in [0.05, 0.1) is 29.3 Å². The Morgan fingerprint density at radius 2 is 1.84 bits per heavy atom. The number of benzene rings is 2. The second-order valence-corrected chi connectivity index (χ2v) is 8.40. The van der Waals surface area contributed by atoms with Gasteiger partial charge in [0.25, 0.3) is 0 Å². The molecule has 0 spiro atoms. The van der Waals surface area contributed by atoms with Crippen LogP contribution in [0.15, 0.2) is 55.0 Å². The number of halogens is 3. The van der Waals surface area contributed by atoms with Gasteiger partial charge in [0, 0.05) is 23.5 Å². The Balaban J connectivity index is 1.64. The standard InChI is InChI=1S/C25H23F3N6O3/c1-13(2)34-11-17(20-22(29)30-12-31-23(20)34)21(35)14-7-8-19(37-3)18(9-14)33-24(36)32-16-6-4-5-15(10-16)25(26,27)28/h4-13H,1-3H3,(H2,29,30,31)(H2,32,33,36). The molecule has 4 aromatic rings. The zero-order chi connectivity index (χ0) is 26.9. The highest BCUT2D eigenvalue weighted by atomic mass is 19.4. The van der Waals surface area contributed by atoms with Gasteiger partial charge in [0.15, 0.2) is 5.78 Å².